The second-order valence-corrected chi connectivity index (χ2v) is 6.08. The number of hydrogen-bond acceptors (Lipinski definition) is 7. The maximum Gasteiger partial charge on any atom is 0.573 e. The van der Waals surface area contributed by atoms with E-state index in [2.05, 4.69) is 19.8 Å². The molecular weight excluding hydrogens is 440 g/mol. The molecule has 0 atom stereocenters. The summed E-state index contributed by atoms with van der Waals surface area (Å²) in [5.74, 6) is -3.29. The van der Waals surface area contributed by atoms with Gasteiger partial charge in [0.25, 0.3) is 5.91 Å². The van der Waals surface area contributed by atoms with Crippen molar-refractivity contribution in [3.63, 3.8) is 0 Å². The number of nitrogens with zero attached hydrogens (tertiary/aromatic N) is 4. The molecule has 9 nitrogen and oxygen atoms in total. The largest absolute Gasteiger partial charge is 0.573 e. The molecule has 3 rings (SSSR count). The Balaban J connectivity index is 2.01. The van der Waals surface area contributed by atoms with Crippen LogP contribution in [0.4, 0.5) is 17.6 Å². The summed E-state index contributed by atoms with van der Waals surface area (Å²) >= 11 is 0. The van der Waals surface area contributed by atoms with Crippen molar-refractivity contribution < 1.29 is 41.8 Å². The average Bonchev–Trinajstić information content (AvgIpc) is 2.72. The van der Waals surface area contributed by atoms with Gasteiger partial charge in [-0.05, 0) is 25.1 Å². The number of rotatable bonds is 5. The van der Waals surface area contributed by atoms with E-state index >= 15 is 0 Å². The number of halogens is 4. The van der Waals surface area contributed by atoms with Crippen LogP contribution in [0, 0.1) is 12.7 Å². The predicted molar refractivity (Wildman–Crippen MR) is 98.0 cm³/mol. The van der Waals surface area contributed by atoms with Gasteiger partial charge in [-0.15, -0.1) is 23.1 Å². The lowest BCUT2D eigenvalue weighted by Gasteiger charge is -2.15. The Hall–Kier alpha value is -4.16. The normalized spacial score (nSPS) is 11.9. The first-order valence-electron chi connectivity index (χ1n) is 8.67. The summed E-state index contributed by atoms with van der Waals surface area (Å²) in [4.78, 5) is 20.7. The second-order valence-electron chi connectivity index (χ2n) is 6.08. The van der Waals surface area contributed by atoms with Crippen molar-refractivity contribution in [3.05, 3.63) is 65.3 Å². The number of pyridine rings is 1. The molecule has 1 aromatic carbocycles. The minimum Gasteiger partial charge on any atom is -0.493 e. The molecule has 0 aliphatic rings. The molecule has 0 radical (unpaired) electrons. The van der Waals surface area contributed by atoms with E-state index in [9.17, 15) is 22.4 Å². The summed E-state index contributed by atoms with van der Waals surface area (Å²) in [6.07, 6.45) is -1.69. The van der Waals surface area contributed by atoms with Crippen LogP contribution >= 0.6 is 0 Å². The molecule has 0 aliphatic carbocycles. The van der Waals surface area contributed by atoms with E-state index < -0.39 is 29.4 Å². The molecule has 32 heavy (non-hydrogen) atoms. The molecule has 0 bridgehead atoms. The number of aromatic nitrogens is 3. The van der Waals surface area contributed by atoms with Crippen molar-refractivity contribution in [3.8, 4) is 23.0 Å². The van der Waals surface area contributed by atoms with Gasteiger partial charge in [0.1, 0.15) is 11.3 Å². The van der Waals surface area contributed by atoms with Crippen molar-refractivity contribution in [2.45, 2.75) is 13.3 Å². The quantitative estimate of drug-likeness (QED) is 0.465. The smallest absolute Gasteiger partial charge is 0.493 e. The Kier molecular flexibility index (Phi) is 6.27. The zero-order valence-electron chi connectivity index (χ0n) is 16.4. The molecule has 0 aliphatic heterocycles. The van der Waals surface area contributed by atoms with E-state index in [1.807, 2.05) is 0 Å². The lowest BCUT2D eigenvalue weighted by atomic mass is 10.2. The van der Waals surface area contributed by atoms with Crippen LogP contribution in [0.25, 0.3) is 0 Å². The number of benzene rings is 1. The van der Waals surface area contributed by atoms with Crippen LogP contribution in [0.5, 0.6) is 23.0 Å². The topological polar surface area (TPSA) is 108 Å². The number of amides is 1. The number of hydrogen-bond donors (Lipinski definition) is 1. The van der Waals surface area contributed by atoms with E-state index in [0.29, 0.717) is 4.85 Å². The monoisotopic (exact) mass is 454 g/mol. The van der Waals surface area contributed by atoms with E-state index in [1.165, 1.54) is 20.1 Å². The van der Waals surface area contributed by atoms with Crippen molar-refractivity contribution in [1.29, 1.82) is 0 Å². The van der Waals surface area contributed by atoms with Gasteiger partial charge in [0.05, 0.1) is 36.8 Å². The molecule has 0 unspecified atom stereocenters. The summed E-state index contributed by atoms with van der Waals surface area (Å²) in [6.45, 7) is 1.32. The zero-order chi connectivity index (χ0) is 23.5. The SMILES string of the molecule is COc1cc(OC(F)(F)F)ccc1Oc1cnc(C)c(F)c1C(=O)N=c1ccn(O)nc1. The highest BCUT2D eigenvalue weighted by Crippen LogP contribution is 2.37. The minimum absolute atomic E-state index is 0.0198. The third kappa shape index (κ3) is 5.30. The van der Waals surface area contributed by atoms with Crippen molar-refractivity contribution in [1.82, 2.24) is 14.9 Å². The van der Waals surface area contributed by atoms with Gasteiger partial charge in [-0.3, -0.25) is 9.78 Å². The number of carbonyl (C=O) groups is 1. The van der Waals surface area contributed by atoms with Crippen molar-refractivity contribution in [2.75, 3.05) is 7.11 Å². The number of carbonyl (C=O) groups excluding carboxylic acids is 1. The number of methoxy groups -OCH3 is 1. The summed E-state index contributed by atoms with van der Waals surface area (Å²) in [6, 6.07) is 4.20. The van der Waals surface area contributed by atoms with Crippen LogP contribution in [0.2, 0.25) is 0 Å². The van der Waals surface area contributed by atoms with Crippen LogP contribution in [-0.4, -0.2) is 39.5 Å². The van der Waals surface area contributed by atoms with Gasteiger partial charge >= 0.3 is 6.36 Å². The van der Waals surface area contributed by atoms with E-state index in [1.54, 1.807) is 0 Å². The Labute approximate surface area is 177 Å². The highest BCUT2D eigenvalue weighted by molar-refractivity contribution is 5.98. The summed E-state index contributed by atoms with van der Waals surface area (Å²) in [5.41, 5.74) is -0.688. The van der Waals surface area contributed by atoms with Gasteiger partial charge in [0.2, 0.25) is 0 Å². The van der Waals surface area contributed by atoms with Crippen LogP contribution in [0.3, 0.4) is 0 Å². The van der Waals surface area contributed by atoms with E-state index in [4.69, 9.17) is 14.7 Å². The first kappa shape index (κ1) is 22.5. The van der Waals surface area contributed by atoms with Crippen LogP contribution < -0.4 is 19.6 Å². The maximum absolute atomic E-state index is 14.8. The van der Waals surface area contributed by atoms with Gasteiger partial charge in [-0.1, -0.05) is 0 Å². The number of alkyl halides is 3. The van der Waals surface area contributed by atoms with E-state index in [-0.39, 0.29) is 28.3 Å². The molecule has 1 N–H and O–H groups in total. The lowest BCUT2D eigenvalue weighted by molar-refractivity contribution is -0.274. The lowest BCUT2D eigenvalue weighted by Crippen LogP contribution is -2.17. The highest BCUT2D eigenvalue weighted by Gasteiger charge is 2.31. The first-order chi connectivity index (χ1) is 15.1. The van der Waals surface area contributed by atoms with Gasteiger partial charge in [0, 0.05) is 6.07 Å². The molecule has 3 aromatic rings. The Morgan fingerprint density at radius 1 is 1.16 bits per heavy atom. The van der Waals surface area contributed by atoms with Gasteiger partial charge in [-0.2, -0.15) is 0 Å². The van der Waals surface area contributed by atoms with Gasteiger partial charge in [-0.25, -0.2) is 9.38 Å². The molecular formula is C19H14F4N4O5. The molecule has 1 amide bonds. The standard InChI is InChI=1S/C19H14F4N4O5/c1-10-17(20)16(18(28)26-11-5-6-27(29)25-8-11)15(9-24-10)31-13-4-3-12(7-14(13)30-2)32-19(21,22)23/h3-9,29H,1-2H3. The van der Waals surface area contributed by atoms with E-state index in [0.717, 1.165) is 36.8 Å². The third-order valence-electron chi connectivity index (χ3n) is 3.88. The molecule has 13 heteroatoms. The molecule has 0 saturated carbocycles. The average molecular weight is 454 g/mol. The van der Waals surface area contributed by atoms with Crippen LogP contribution in [0.1, 0.15) is 16.1 Å². The van der Waals surface area contributed by atoms with Crippen molar-refractivity contribution in [2.24, 2.45) is 4.99 Å². The molecule has 0 saturated heterocycles. The van der Waals surface area contributed by atoms with Crippen molar-refractivity contribution >= 4 is 5.91 Å². The summed E-state index contributed by atoms with van der Waals surface area (Å²) in [7, 11) is 1.17. The maximum atomic E-state index is 14.8. The minimum atomic E-state index is -4.92. The molecule has 0 spiro atoms. The Bertz CT molecular complexity index is 1210. The third-order valence-corrected chi connectivity index (χ3v) is 3.88. The molecule has 2 heterocycles. The zero-order valence-corrected chi connectivity index (χ0v) is 16.4. The number of aryl methyl sites for hydroxylation is 1. The van der Waals surface area contributed by atoms with Crippen LogP contribution in [-0.2, 0) is 0 Å². The fourth-order valence-electron chi connectivity index (χ4n) is 2.47. The Morgan fingerprint density at radius 2 is 1.91 bits per heavy atom. The molecule has 2 aromatic heterocycles. The van der Waals surface area contributed by atoms with Crippen LogP contribution in [0.15, 0.2) is 47.8 Å². The number of ether oxygens (including phenoxy) is 3. The molecule has 0 fully saturated rings. The fraction of sp³-hybridized carbons (Fsp3) is 0.158. The first-order valence-corrected chi connectivity index (χ1v) is 8.67. The summed E-state index contributed by atoms with van der Waals surface area (Å²) in [5, 5.41) is 12.6. The second kappa shape index (κ2) is 8.91. The highest BCUT2D eigenvalue weighted by atomic mass is 19.4. The predicted octanol–water partition coefficient (Wildman–Crippen LogP) is 3.40. The van der Waals surface area contributed by atoms with Gasteiger partial charge in [0.15, 0.2) is 23.1 Å². The molecule has 168 valence electrons. The van der Waals surface area contributed by atoms with Gasteiger partial charge < -0.3 is 19.4 Å². The Morgan fingerprint density at radius 3 is 2.53 bits per heavy atom. The summed E-state index contributed by atoms with van der Waals surface area (Å²) < 4.78 is 66.4. The fourth-order valence-corrected chi connectivity index (χ4v) is 2.47.